The molecule has 0 saturated carbocycles. The van der Waals surface area contributed by atoms with E-state index in [1.807, 2.05) is 4.90 Å². The number of nitrogens with zero attached hydrogens (tertiary/aromatic N) is 1. The molecule has 4 nitrogen and oxygen atoms in total. The summed E-state index contributed by atoms with van der Waals surface area (Å²) in [7, 11) is 0. The fraction of sp³-hybridized carbons (Fsp3) is 0.462. The van der Waals surface area contributed by atoms with Gasteiger partial charge in [0.2, 0.25) is 0 Å². The number of halogens is 2. The Morgan fingerprint density at radius 2 is 2.16 bits per heavy atom. The molecule has 104 valence electrons. The lowest BCUT2D eigenvalue weighted by Gasteiger charge is -2.30. The fourth-order valence-corrected chi connectivity index (χ4v) is 2.28. The summed E-state index contributed by atoms with van der Waals surface area (Å²) in [5.41, 5.74) is 0.499. The first-order chi connectivity index (χ1) is 9.13. The molecule has 2 rings (SSSR count). The Bertz CT molecular complexity index is 476. The minimum atomic E-state index is -0.599. The van der Waals surface area contributed by atoms with Crippen molar-refractivity contribution >= 4 is 23.3 Å². The lowest BCUT2D eigenvalue weighted by Crippen LogP contribution is -2.43. The van der Waals surface area contributed by atoms with Gasteiger partial charge in [-0.3, -0.25) is 0 Å². The normalized spacial score (nSPS) is 15.4. The molecule has 1 heterocycles. The maximum Gasteiger partial charge on any atom is 0.339 e. The molecule has 0 bridgehead atoms. The van der Waals surface area contributed by atoms with E-state index in [0.29, 0.717) is 18.8 Å². The molecule has 0 unspecified atom stereocenters. The Kier molecular flexibility index (Phi) is 4.61. The van der Waals surface area contributed by atoms with Gasteiger partial charge in [-0.15, -0.1) is 0 Å². The lowest BCUT2D eigenvalue weighted by atomic mass is 10.1. The van der Waals surface area contributed by atoms with Crippen molar-refractivity contribution in [1.82, 2.24) is 5.32 Å². The Labute approximate surface area is 116 Å². The topological polar surface area (TPSA) is 41.6 Å². The minimum Gasteiger partial charge on any atom is -0.462 e. The maximum absolute atomic E-state index is 14.1. The van der Waals surface area contributed by atoms with Crippen LogP contribution in [0.5, 0.6) is 0 Å². The highest BCUT2D eigenvalue weighted by atomic mass is 35.5. The molecule has 0 amide bonds. The second-order valence-corrected chi connectivity index (χ2v) is 4.65. The van der Waals surface area contributed by atoms with Crippen LogP contribution in [0.4, 0.5) is 10.1 Å². The molecule has 0 aromatic heterocycles. The molecule has 0 atom stereocenters. The third-order valence-corrected chi connectivity index (χ3v) is 3.30. The van der Waals surface area contributed by atoms with Crippen LogP contribution in [0, 0.1) is 5.82 Å². The first-order valence-electron chi connectivity index (χ1n) is 6.25. The van der Waals surface area contributed by atoms with Crippen molar-refractivity contribution in [2.75, 3.05) is 37.7 Å². The van der Waals surface area contributed by atoms with Crippen molar-refractivity contribution in [3.8, 4) is 0 Å². The molecule has 0 radical (unpaired) electrons. The molecule has 0 spiro atoms. The lowest BCUT2D eigenvalue weighted by molar-refractivity contribution is 0.0526. The predicted octanol–water partition coefficient (Wildman–Crippen LogP) is 2.07. The minimum absolute atomic E-state index is 0.0694. The van der Waals surface area contributed by atoms with Crippen LogP contribution in [0.25, 0.3) is 0 Å². The molecule has 19 heavy (non-hydrogen) atoms. The van der Waals surface area contributed by atoms with Crippen LogP contribution < -0.4 is 10.2 Å². The summed E-state index contributed by atoms with van der Waals surface area (Å²) >= 11 is 6.04. The predicted molar refractivity (Wildman–Crippen MR) is 72.4 cm³/mol. The highest BCUT2D eigenvalue weighted by Gasteiger charge is 2.20. The molecular weight excluding hydrogens is 271 g/mol. The number of hydrogen-bond acceptors (Lipinski definition) is 4. The van der Waals surface area contributed by atoms with Gasteiger partial charge in [0.05, 0.1) is 22.9 Å². The number of nitrogens with one attached hydrogen (secondary N) is 1. The summed E-state index contributed by atoms with van der Waals surface area (Å²) in [5, 5.41) is 3.41. The van der Waals surface area contributed by atoms with E-state index in [4.69, 9.17) is 16.3 Å². The van der Waals surface area contributed by atoms with Gasteiger partial charge in [0.15, 0.2) is 0 Å². The number of ether oxygens (including phenoxy) is 1. The number of benzene rings is 1. The van der Waals surface area contributed by atoms with Crippen LogP contribution in [0.3, 0.4) is 0 Å². The molecule has 1 N–H and O–H groups in total. The number of anilines is 1. The van der Waals surface area contributed by atoms with Crippen LogP contribution in [-0.2, 0) is 4.74 Å². The number of rotatable bonds is 3. The zero-order chi connectivity index (χ0) is 13.8. The van der Waals surface area contributed by atoms with Crippen molar-refractivity contribution in [2.24, 2.45) is 0 Å². The van der Waals surface area contributed by atoms with Gasteiger partial charge >= 0.3 is 5.97 Å². The van der Waals surface area contributed by atoms with Crippen molar-refractivity contribution in [3.63, 3.8) is 0 Å². The van der Waals surface area contributed by atoms with E-state index < -0.39 is 11.8 Å². The molecule has 6 heteroatoms. The van der Waals surface area contributed by atoms with Crippen molar-refractivity contribution < 1.29 is 13.9 Å². The van der Waals surface area contributed by atoms with Gasteiger partial charge in [0, 0.05) is 26.2 Å². The van der Waals surface area contributed by atoms with Crippen molar-refractivity contribution in [2.45, 2.75) is 6.92 Å². The second-order valence-electron chi connectivity index (χ2n) is 4.24. The van der Waals surface area contributed by atoms with Gasteiger partial charge in [0.25, 0.3) is 0 Å². The van der Waals surface area contributed by atoms with Gasteiger partial charge in [-0.1, -0.05) is 11.6 Å². The average molecular weight is 287 g/mol. The average Bonchev–Trinajstić information content (AvgIpc) is 2.42. The number of esters is 1. The summed E-state index contributed by atoms with van der Waals surface area (Å²) in [6.45, 7) is 4.96. The Balaban J connectivity index is 2.28. The van der Waals surface area contributed by atoms with E-state index in [2.05, 4.69) is 5.32 Å². The molecule has 1 fully saturated rings. The first-order valence-corrected chi connectivity index (χ1v) is 6.63. The SMILES string of the molecule is CCOC(=O)c1cc(F)c(N2CCNCC2)cc1Cl. The van der Waals surface area contributed by atoms with E-state index in [-0.39, 0.29) is 17.2 Å². The van der Waals surface area contributed by atoms with Gasteiger partial charge < -0.3 is 15.0 Å². The summed E-state index contributed by atoms with van der Waals surface area (Å²) in [4.78, 5) is 13.5. The van der Waals surface area contributed by atoms with Crippen LogP contribution in [0.15, 0.2) is 12.1 Å². The van der Waals surface area contributed by atoms with Gasteiger partial charge in [-0.05, 0) is 19.1 Å². The number of piperazine rings is 1. The number of hydrogen-bond donors (Lipinski definition) is 1. The van der Waals surface area contributed by atoms with Crippen LogP contribution in [0.1, 0.15) is 17.3 Å². The fourth-order valence-electron chi connectivity index (χ4n) is 2.05. The molecule has 1 saturated heterocycles. The molecule has 1 aliphatic rings. The van der Waals surface area contributed by atoms with Crippen molar-refractivity contribution in [3.05, 3.63) is 28.5 Å². The third-order valence-electron chi connectivity index (χ3n) is 2.99. The largest absolute Gasteiger partial charge is 0.462 e. The number of carbonyl (C=O) groups excluding carboxylic acids is 1. The Hall–Kier alpha value is -1.33. The summed E-state index contributed by atoms with van der Waals surface area (Å²) in [6, 6.07) is 2.64. The van der Waals surface area contributed by atoms with Gasteiger partial charge in [0.1, 0.15) is 5.82 Å². The standard InChI is InChI=1S/C13H16ClFN2O2/c1-2-19-13(18)9-7-11(15)12(8-10(9)14)17-5-3-16-4-6-17/h7-8,16H,2-6H2,1H3. The van der Waals surface area contributed by atoms with E-state index in [1.165, 1.54) is 6.07 Å². The molecular formula is C13H16ClFN2O2. The van der Waals surface area contributed by atoms with Crippen molar-refractivity contribution in [1.29, 1.82) is 0 Å². The van der Waals surface area contributed by atoms with Crippen LogP contribution in [0.2, 0.25) is 5.02 Å². The maximum atomic E-state index is 14.1. The zero-order valence-corrected chi connectivity index (χ0v) is 11.5. The van der Waals surface area contributed by atoms with E-state index in [1.54, 1.807) is 6.92 Å². The van der Waals surface area contributed by atoms with Gasteiger partial charge in [-0.25, -0.2) is 9.18 Å². The van der Waals surface area contributed by atoms with E-state index >= 15 is 0 Å². The molecule has 0 aliphatic carbocycles. The molecule has 1 aromatic rings. The molecule has 1 aliphatic heterocycles. The smallest absolute Gasteiger partial charge is 0.339 e. The van der Waals surface area contributed by atoms with Gasteiger partial charge in [-0.2, -0.15) is 0 Å². The summed E-state index contributed by atoms with van der Waals surface area (Å²) < 4.78 is 18.9. The zero-order valence-electron chi connectivity index (χ0n) is 10.7. The highest BCUT2D eigenvalue weighted by Crippen LogP contribution is 2.28. The summed E-state index contributed by atoms with van der Waals surface area (Å²) in [5.74, 6) is -1.05. The first kappa shape index (κ1) is 14.1. The Morgan fingerprint density at radius 3 is 2.79 bits per heavy atom. The van der Waals surface area contributed by atoms with Crippen LogP contribution in [-0.4, -0.2) is 38.8 Å². The summed E-state index contributed by atoms with van der Waals surface area (Å²) in [6.07, 6.45) is 0. The highest BCUT2D eigenvalue weighted by molar-refractivity contribution is 6.33. The monoisotopic (exact) mass is 286 g/mol. The van der Waals surface area contributed by atoms with E-state index in [9.17, 15) is 9.18 Å². The quantitative estimate of drug-likeness (QED) is 0.864. The number of carbonyl (C=O) groups is 1. The molecule has 1 aromatic carbocycles. The third kappa shape index (κ3) is 3.16. The second kappa shape index (κ2) is 6.21. The van der Waals surface area contributed by atoms with Crippen LogP contribution >= 0.6 is 11.6 Å². The van der Waals surface area contributed by atoms with E-state index in [0.717, 1.165) is 19.2 Å². The Morgan fingerprint density at radius 1 is 1.47 bits per heavy atom.